The molecular formula is C31H27ClFN3O2. The number of aromatic amines is 1. The molecule has 1 aromatic heterocycles. The predicted molar refractivity (Wildman–Crippen MR) is 149 cm³/mol. The van der Waals surface area contributed by atoms with Gasteiger partial charge in [0.05, 0.1) is 39.4 Å². The number of H-pyrrole nitrogens is 1. The van der Waals surface area contributed by atoms with E-state index < -0.39 is 11.4 Å². The predicted octanol–water partition coefficient (Wildman–Crippen LogP) is 7.69. The zero-order chi connectivity index (χ0) is 26.6. The van der Waals surface area contributed by atoms with Gasteiger partial charge in [-0.1, -0.05) is 42.6 Å². The van der Waals surface area contributed by atoms with Crippen LogP contribution in [0, 0.1) is 23.1 Å². The molecule has 1 saturated carbocycles. The smallest absolute Gasteiger partial charge is 0.141 e. The Hall–Kier alpha value is -3.66. The molecule has 38 heavy (non-hydrogen) atoms. The first-order valence-electron chi connectivity index (χ1n) is 12.8. The number of imidazole rings is 1. The summed E-state index contributed by atoms with van der Waals surface area (Å²) in [5.41, 5.74) is 2.17. The van der Waals surface area contributed by atoms with Gasteiger partial charge in [0.2, 0.25) is 0 Å². The fraction of sp³-hybridized carbons (Fsp3) is 0.290. The minimum absolute atomic E-state index is 0.112. The fourth-order valence-electron chi connectivity index (χ4n) is 5.22. The van der Waals surface area contributed by atoms with Crippen LogP contribution in [0.1, 0.15) is 44.2 Å². The molecule has 7 heteroatoms. The summed E-state index contributed by atoms with van der Waals surface area (Å²) in [7, 11) is 0. The molecule has 0 amide bonds. The van der Waals surface area contributed by atoms with Gasteiger partial charge in [-0.15, -0.1) is 0 Å². The van der Waals surface area contributed by atoms with E-state index >= 15 is 0 Å². The van der Waals surface area contributed by atoms with E-state index in [4.69, 9.17) is 21.3 Å². The molecule has 1 heterocycles. The van der Waals surface area contributed by atoms with Crippen LogP contribution in [0.15, 0.2) is 48.5 Å². The molecule has 0 bridgehead atoms. The molecule has 0 aliphatic heterocycles. The molecule has 1 fully saturated rings. The molecule has 4 aromatic carbocycles. The lowest BCUT2D eigenvalue weighted by Gasteiger charge is -2.18. The van der Waals surface area contributed by atoms with Crippen molar-refractivity contribution in [1.82, 2.24) is 9.97 Å². The van der Waals surface area contributed by atoms with E-state index in [9.17, 15) is 14.8 Å². The van der Waals surface area contributed by atoms with Crippen LogP contribution in [-0.2, 0) is 6.42 Å². The maximum absolute atomic E-state index is 14.0. The Kier molecular flexibility index (Phi) is 6.02. The highest BCUT2D eigenvalue weighted by Crippen LogP contribution is 2.40. The summed E-state index contributed by atoms with van der Waals surface area (Å²) in [5.74, 6) is 1.42. The van der Waals surface area contributed by atoms with E-state index in [-0.39, 0.29) is 10.6 Å². The van der Waals surface area contributed by atoms with Crippen LogP contribution < -0.4 is 4.74 Å². The largest absolute Gasteiger partial charge is 0.494 e. The Morgan fingerprint density at radius 3 is 2.61 bits per heavy atom. The minimum atomic E-state index is -0.848. The van der Waals surface area contributed by atoms with Crippen molar-refractivity contribution in [3.05, 3.63) is 70.5 Å². The van der Waals surface area contributed by atoms with Crippen LogP contribution in [0.4, 0.5) is 4.39 Å². The van der Waals surface area contributed by atoms with Crippen LogP contribution >= 0.6 is 11.6 Å². The molecule has 0 spiro atoms. The number of hydrogen-bond donors (Lipinski definition) is 2. The number of aromatic nitrogens is 2. The van der Waals surface area contributed by atoms with Gasteiger partial charge < -0.3 is 14.8 Å². The van der Waals surface area contributed by atoms with Gasteiger partial charge in [0, 0.05) is 17.2 Å². The summed E-state index contributed by atoms with van der Waals surface area (Å²) in [5, 5.41) is 24.1. The molecular weight excluding hydrogens is 501 g/mol. The second-order valence-electron chi connectivity index (χ2n) is 10.9. The maximum atomic E-state index is 14.0. The molecule has 0 atom stereocenters. The summed E-state index contributed by atoms with van der Waals surface area (Å²) < 4.78 is 20.1. The number of nitriles is 1. The first kappa shape index (κ1) is 24.7. The third-order valence-electron chi connectivity index (χ3n) is 7.13. The Balaban J connectivity index is 1.58. The number of halogens is 2. The van der Waals surface area contributed by atoms with E-state index in [2.05, 4.69) is 17.1 Å². The van der Waals surface area contributed by atoms with E-state index in [1.807, 2.05) is 30.3 Å². The summed E-state index contributed by atoms with van der Waals surface area (Å²) in [6.45, 7) is 4.28. The van der Waals surface area contributed by atoms with E-state index in [1.165, 1.54) is 25.0 Å². The number of nitrogens with one attached hydrogen (secondary N) is 1. The normalized spacial score (nSPS) is 13.9. The average Bonchev–Trinajstić information content (AvgIpc) is 3.58. The standard InChI is InChI=1S/C31H27ClFN3O2/c1-31(2,37)15-18-5-7-22-24(11-18)25-14-21(38-10-9-17-3-4-17)6-8-23(25)29-28(22)35-30(36-29)27-19(16-34)12-20(33)13-26(27)32/h5-8,11-14,17,37H,3-4,9-10,15H2,1-2H3,(H,35,36). The van der Waals surface area contributed by atoms with Gasteiger partial charge in [-0.25, -0.2) is 9.37 Å². The van der Waals surface area contributed by atoms with Crippen molar-refractivity contribution in [2.75, 3.05) is 6.61 Å². The second kappa shape index (κ2) is 9.27. The lowest BCUT2D eigenvalue weighted by molar-refractivity contribution is 0.0810. The Morgan fingerprint density at radius 2 is 1.87 bits per heavy atom. The maximum Gasteiger partial charge on any atom is 0.141 e. The first-order chi connectivity index (χ1) is 18.2. The molecule has 5 nitrogen and oxygen atoms in total. The number of benzene rings is 4. The molecule has 0 unspecified atom stereocenters. The Bertz CT molecular complexity index is 1760. The third-order valence-corrected chi connectivity index (χ3v) is 7.43. The average molecular weight is 528 g/mol. The monoisotopic (exact) mass is 527 g/mol. The van der Waals surface area contributed by atoms with Crippen molar-refractivity contribution in [3.8, 4) is 23.2 Å². The SMILES string of the molecule is CC(C)(O)Cc1ccc2c(c1)c1cc(OCCC3CC3)ccc1c1nc(-c3c(Cl)cc(F)cc3C#N)[nH]c21. The lowest BCUT2D eigenvalue weighted by atomic mass is 9.93. The zero-order valence-electron chi connectivity index (χ0n) is 21.2. The molecule has 0 saturated heterocycles. The first-order valence-corrected chi connectivity index (χ1v) is 13.2. The Morgan fingerprint density at radius 1 is 1.11 bits per heavy atom. The van der Waals surface area contributed by atoms with Crippen molar-refractivity contribution >= 4 is 44.2 Å². The number of hydrogen-bond acceptors (Lipinski definition) is 4. The molecule has 2 N–H and O–H groups in total. The molecule has 1 aliphatic rings. The third kappa shape index (κ3) is 4.69. The van der Waals surface area contributed by atoms with Gasteiger partial charge in [-0.2, -0.15) is 5.26 Å². The van der Waals surface area contributed by atoms with Gasteiger partial charge in [-0.3, -0.25) is 0 Å². The van der Waals surface area contributed by atoms with Gasteiger partial charge in [0.1, 0.15) is 23.5 Å². The van der Waals surface area contributed by atoms with Crippen molar-refractivity contribution in [1.29, 1.82) is 5.26 Å². The number of fused-ring (bicyclic) bond motifs is 6. The summed E-state index contributed by atoms with van der Waals surface area (Å²) in [6, 6.07) is 16.6. The molecule has 5 aromatic rings. The molecule has 192 valence electrons. The molecule has 6 rings (SSSR count). The Labute approximate surface area is 224 Å². The number of aliphatic hydroxyl groups is 1. The van der Waals surface area contributed by atoms with Crippen LogP contribution in [0.2, 0.25) is 5.02 Å². The van der Waals surface area contributed by atoms with E-state index in [1.54, 1.807) is 13.8 Å². The van der Waals surface area contributed by atoms with Crippen molar-refractivity contribution < 1.29 is 14.2 Å². The number of ether oxygens (including phenoxy) is 1. The summed E-state index contributed by atoms with van der Waals surface area (Å²) in [6.07, 6.45) is 4.16. The number of rotatable bonds is 7. The highest BCUT2D eigenvalue weighted by atomic mass is 35.5. The zero-order valence-corrected chi connectivity index (χ0v) is 22.0. The summed E-state index contributed by atoms with van der Waals surface area (Å²) >= 11 is 6.40. The quantitative estimate of drug-likeness (QED) is 0.212. The van der Waals surface area contributed by atoms with Crippen molar-refractivity contribution in [3.63, 3.8) is 0 Å². The van der Waals surface area contributed by atoms with E-state index in [0.29, 0.717) is 24.4 Å². The summed E-state index contributed by atoms with van der Waals surface area (Å²) in [4.78, 5) is 8.24. The minimum Gasteiger partial charge on any atom is -0.494 e. The fourth-order valence-corrected chi connectivity index (χ4v) is 5.51. The van der Waals surface area contributed by atoms with E-state index in [0.717, 1.165) is 56.2 Å². The topological polar surface area (TPSA) is 81.9 Å². The van der Waals surface area contributed by atoms with Gasteiger partial charge >= 0.3 is 0 Å². The lowest BCUT2D eigenvalue weighted by Crippen LogP contribution is -2.21. The molecule has 0 radical (unpaired) electrons. The van der Waals surface area contributed by atoms with Gasteiger partial charge in [-0.05, 0) is 72.9 Å². The van der Waals surface area contributed by atoms with Gasteiger partial charge in [0.25, 0.3) is 0 Å². The van der Waals surface area contributed by atoms with Crippen LogP contribution in [0.25, 0.3) is 44.0 Å². The van der Waals surface area contributed by atoms with Crippen LogP contribution in [0.3, 0.4) is 0 Å². The van der Waals surface area contributed by atoms with Gasteiger partial charge in [0.15, 0.2) is 0 Å². The highest BCUT2D eigenvalue weighted by Gasteiger charge is 2.22. The van der Waals surface area contributed by atoms with Crippen LogP contribution in [-0.4, -0.2) is 27.3 Å². The van der Waals surface area contributed by atoms with Crippen molar-refractivity contribution in [2.24, 2.45) is 5.92 Å². The van der Waals surface area contributed by atoms with Crippen molar-refractivity contribution in [2.45, 2.75) is 45.1 Å². The number of nitrogens with zero attached hydrogens (tertiary/aromatic N) is 2. The molecule has 1 aliphatic carbocycles. The highest BCUT2D eigenvalue weighted by molar-refractivity contribution is 6.33. The van der Waals surface area contributed by atoms with Crippen LogP contribution in [0.5, 0.6) is 5.75 Å². The second-order valence-corrected chi connectivity index (χ2v) is 11.3.